The number of anilines is 2. The van der Waals surface area contributed by atoms with Gasteiger partial charge in [0.2, 0.25) is 5.91 Å². The summed E-state index contributed by atoms with van der Waals surface area (Å²) in [4.78, 5) is 17.9. The number of hydrogen-bond donors (Lipinski definition) is 2. The van der Waals surface area contributed by atoms with Gasteiger partial charge in [0.05, 0.1) is 11.9 Å². The van der Waals surface area contributed by atoms with Gasteiger partial charge in [0, 0.05) is 13.0 Å². The molecule has 0 radical (unpaired) electrons. The Kier molecular flexibility index (Phi) is 3.58. The molecule has 2 heterocycles. The summed E-state index contributed by atoms with van der Waals surface area (Å²) in [6.07, 6.45) is 3.45. The number of carbonyl (C=O) groups is 1. The topological polar surface area (TPSA) is 71.2 Å². The molecule has 0 bridgehead atoms. The van der Waals surface area contributed by atoms with Crippen molar-refractivity contribution in [2.45, 2.75) is 12.8 Å². The van der Waals surface area contributed by atoms with Crippen LogP contribution in [0.3, 0.4) is 0 Å². The average Bonchev–Trinajstić information content (AvgIpc) is 2.39. The zero-order chi connectivity index (χ0) is 12.3. The quantitative estimate of drug-likeness (QED) is 0.787. The maximum Gasteiger partial charge on any atom is 0.229 e. The van der Waals surface area contributed by atoms with Crippen LogP contribution < -0.4 is 16.0 Å². The molecule has 1 aliphatic rings. The normalized spacial score (nSPS) is 16.8. The molecule has 0 atom stereocenters. The van der Waals surface area contributed by atoms with E-state index in [1.165, 1.54) is 0 Å². The molecule has 5 heteroatoms. The average molecular weight is 234 g/mol. The third-order valence-corrected chi connectivity index (χ3v) is 3.18. The summed E-state index contributed by atoms with van der Waals surface area (Å²) in [7, 11) is 1.79. The van der Waals surface area contributed by atoms with Crippen LogP contribution in [0.4, 0.5) is 11.5 Å². The summed E-state index contributed by atoms with van der Waals surface area (Å²) in [6.45, 7) is 1.84. The maximum absolute atomic E-state index is 12.2. The number of nitrogens with one attached hydrogen (secondary N) is 1. The molecule has 1 amide bonds. The van der Waals surface area contributed by atoms with Crippen molar-refractivity contribution < 1.29 is 4.79 Å². The van der Waals surface area contributed by atoms with Gasteiger partial charge < -0.3 is 16.0 Å². The summed E-state index contributed by atoms with van der Waals surface area (Å²) < 4.78 is 0. The lowest BCUT2D eigenvalue weighted by Gasteiger charge is -2.26. The lowest BCUT2D eigenvalue weighted by Crippen LogP contribution is -2.39. The summed E-state index contributed by atoms with van der Waals surface area (Å²) in [5, 5.41) is 3.26. The molecule has 5 nitrogen and oxygen atoms in total. The lowest BCUT2D eigenvalue weighted by molar-refractivity contribution is -0.122. The van der Waals surface area contributed by atoms with Crippen molar-refractivity contribution in [2.75, 3.05) is 30.8 Å². The van der Waals surface area contributed by atoms with Crippen LogP contribution in [-0.4, -0.2) is 31.0 Å². The Morgan fingerprint density at radius 1 is 1.47 bits per heavy atom. The van der Waals surface area contributed by atoms with Crippen molar-refractivity contribution in [1.82, 2.24) is 10.3 Å². The Morgan fingerprint density at radius 2 is 2.18 bits per heavy atom. The molecule has 0 spiro atoms. The number of pyridine rings is 1. The van der Waals surface area contributed by atoms with Crippen LogP contribution in [0.5, 0.6) is 0 Å². The number of hydrogen-bond acceptors (Lipinski definition) is 4. The fourth-order valence-electron chi connectivity index (χ4n) is 2.07. The van der Waals surface area contributed by atoms with Crippen LogP contribution in [0, 0.1) is 5.92 Å². The van der Waals surface area contributed by atoms with Gasteiger partial charge in [0.15, 0.2) is 0 Å². The van der Waals surface area contributed by atoms with E-state index in [-0.39, 0.29) is 11.8 Å². The molecule has 0 aromatic carbocycles. The van der Waals surface area contributed by atoms with Gasteiger partial charge >= 0.3 is 0 Å². The first kappa shape index (κ1) is 11.9. The number of nitrogen functional groups attached to an aromatic ring is 1. The second-order valence-electron chi connectivity index (χ2n) is 4.36. The van der Waals surface area contributed by atoms with Crippen molar-refractivity contribution in [1.29, 1.82) is 0 Å². The molecule has 1 fully saturated rings. The summed E-state index contributed by atoms with van der Waals surface area (Å²) in [6, 6.07) is 3.53. The monoisotopic (exact) mass is 234 g/mol. The van der Waals surface area contributed by atoms with Crippen LogP contribution in [0.15, 0.2) is 18.3 Å². The van der Waals surface area contributed by atoms with Crippen molar-refractivity contribution >= 4 is 17.4 Å². The van der Waals surface area contributed by atoms with Gasteiger partial charge in [-0.15, -0.1) is 0 Å². The van der Waals surface area contributed by atoms with Crippen molar-refractivity contribution in [3.63, 3.8) is 0 Å². The number of aromatic nitrogens is 1. The van der Waals surface area contributed by atoms with Gasteiger partial charge in [0.1, 0.15) is 5.82 Å². The molecular weight excluding hydrogens is 216 g/mol. The first-order valence-electron chi connectivity index (χ1n) is 5.88. The molecule has 17 heavy (non-hydrogen) atoms. The van der Waals surface area contributed by atoms with Crippen molar-refractivity contribution in [3.8, 4) is 0 Å². The first-order valence-corrected chi connectivity index (χ1v) is 5.88. The van der Waals surface area contributed by atoms with E-state index in [4.69, 9.17) is 5.73 Å². The molecule has 1 aliphatic heterocycles. The Morgan fingerprint density at radius 3 is 2.76 bits per heavy atom. The zero-order valence-electron chi connectivity index (χ0n) is 10.0. The van der Waals surface area contributed by atoms with Gasteiger partial charge in [-0.2, -0.15) is 0 Å². The first-order chi connectivity index (χ1) is 8.18. The van der Waals surface area contributed by atoms with Crippen LogP contribution in [0.1, 0.15) is 12.8 Å². The lowest BCUT2D eigenvalue weighted by atomic mass is 9.96. The van der Waals surface area contributed by atoms with Crippen LogP contribution >= 0.6 is 0 Å². The fraction of sp³-hybridized carbons (Fsp3) is 0.500. The van der Waals surface area contributed by atoms with E-state index in [1.54, 1.807) is 24.2 Å². The van der Waals surface area contributed by atoms with Crippen LogP contribution in [0.2, 0.25) is 0 Å². The Hall–Kier alpha value is -1.62. The van der Waals surface area contributed by atoms with E-state index in [0.29, 0.717) is 5.82 Å². The minimum absolute atomic E-state index is 0.124. The van der Waals surface area contributed by atoms with E-state index >= 15 is 0 Å². The van der Waals surface area contributed by atoms with E-state index in [9.17, 15) is 4.79 Å². The van der Waals surface area contributed by atoms with Crippen LogP contribution in [-0.2, 0) is 4.79 Å². The van der Waals surface area contributed by atoms with Crippen molar-refractivity contribution in [2.24, 2.45) is 5.92 Å². The molecule has 0 aliphatic carbocycles. The van der Waals surface area contributed by atoms with Gasteiger partial charge in [-0.3, -0.25) is 4.79 Å². The molecule has 0 saturated carbocycles. The Bertz CT molecular complexity index is 384. The highest BCUT2D eigenvalue weighted by Crippen LogP contribution is 2.19. The van der Waals surface area contributed by atoms with Gasteiger partial charge in [0.25, 0.3) is 0 Å². The minimum atomic E-state index is 0.124. The van der Waals surface area contributed by atoms with E-state index < -0.39 is 0 Å². The number of piperidine rings is 1. The Labute approximate surface area is 101 Å². The molecule has 1 aromatic rings. The van der Waals surface area contributed by atoms with E-state index in [1.807, 2.05) is 6.07 Å². The molecule has 0 unspecified atom stereocenters. The molecule has 1 saturated heterocycles. The third kappa shape index (κ3) is 2.74. The highest BCUT2D eigenvalue weighted by molar-refractivity contribution is 5.94. The summed E-state index contributed by atoms with van der Waals surface area (Å²) in [5.41, 5.74) is 6.32. The smallest absolute Gasteiger partial charge is 0.229 e. The SMILES string of the molecule is CN(C(=O)C1CCNCC1)c1ccc(N)nc1. The second kappa shape index (κ2) is 5.14. The summed E-state index contributed by atoms with van der Waals surface area (Å²) in [5.74, 6) is 0.758. The van der Waals surface area contributed by atoms with Crippen LogP contribution in [0.25, 0.3) is 0 Å². The Balaban J connectivity index is 2.05. The number of amides is 1. The molecular formula is C12H18N4O. The van der Waals surface area contributed by atoms with E-state index in [0.717, 1.165) is 31.6 Å². The maximum atomic E-state index is 12.2. The molecule has 3 N–H and O–H groups in total. The molecule has 92 valence electrons. The number of carbonyl (C=O) groups excluding carboxylic acids is 1. The van der Waals surface area contributed by atoms with E-state index in [2.05, 4.69) is 10.3 Å². The molecule has 2 rings (SSSR count). The predicted octanol–water partition coefficient (Wildman–Crippen LogP) is 0.626. The number of nitrogens with two attached hydrogens (primary N) is 1. The van der Waals surface area contributed by atoms with Gasteiger partial charge in [-0.1, -0.05) is 0 Å². The minimum Gasteiger partial charge on any atom is -0.384 e. The molecule has 1 aromatic heterocycles. The number of nitrogens with zero attached hydrogens (tertiary/aromatic N) is 2. The second-order valence-corrected chi connectivity index (χ2v) is 4.36. The number of rotatable bonds is 2. The van der Waals surface area contributed by atoms with Gasteiger partial charge in [-0.05, 0) is 38.1 Å². The highest BCUT2D eigenvalue weighted by atomic mass is 16.2. The predicted molar refractivity (Wildman–Crippen MR) is 67.7 cm³/mol. The standard InChI is InChI=1S/C12H18N4O/c1-16(10-2-3-11(13)15-8-10)12(17)9-4-6-14-7-5-9/h2-3,8-9,14H,4-7H2,1H3,(H2,13,15). The largest absolute Gasteiger partial charge is 0.384 e. The third-order valence-electron chi connectivity index (χ3n) is 3.18. The van der Waals surface area contributed by atoms with Gasteiger partial charge in [-0.25, -0.2) is 4.98 Å². The fourth-order valence-corrected chi connectivity index (χ4v) is 2.07. The van der Waals surface area contributed by atoms with Crippen molar-refractivity contribution in [3.05, 3.63) is 18.3 Å². The highest BCUT2D eigenvalue weighted by Gasteiger charge is 2.24. The zero-order valence-corrected chi connectivity index (χ0v) is 10.0. The summed E-state index contributed by atoms with van der Waals surface area (Å²) >= 11 is 0.